The first-order valence-corrected chi connectivity index (χ1v) is 9.33. The van der Waals surface area contributed by atoms with Crippen LogP contribution in [0.2, 0.25) is 0 Å². The molecule has 0 aliphatic rings. The SMILES string of the molecule is COc1ccc(/C=N\OCC(=O)O[C@@H](C)C(=O)Nc2ccc3ccccc3c2)cc1. The average molecular weight is 406 g/mol. The number of ether oxygens (including phenoxy) is 2. The maximum absolute atomic E-state index is 12.3. The summed E-state index contributed by atoms with van der Waals surface area (Å²) in [7, 11) is 1.58. The molecule has 3 rings (SSSR count). The molecule has 0 spiro atoms. The number of hydrogen-bond acceptors (Lipinski definition) is 6. The number of benzene rings is 3. The predicted molar refractivity (Wildman–Crippen MR) is 115 cm³/mol. The number of fused-ring (bicyclic) bond motifs is 1. The van der Waals surface area contributed by atoms with Crippen LogP contribution >= 0.6 is 0 Å². The first-order valence-electron chi connectivity index (χ1n) is 9.33. The lowest BCUT2D eigenvalue weighted by molar-refractivity contribution is -0.157. The number of methoxy groups -OCH3 is 1. The Morgan fingerprint density at radius 2 is 1.77 bits per heavy atom. The number of amides is 1. The van der Waals surface area contributed by atoms with Crippen molar-refractivity contribution in [1.82, 2.24) is 0 Å². The first kappa shape index (κ1) is 20.9. The van der Waals surface area contributed by atoms with Crippen LogP contribution < -0.4 is 10.1 Å². The van der Waals surface area contributed by atoms with Gasteiger partial charge in [-0.2, -0.15) is 0 Å². The van der Waals surface area contributed by atoms with Gasteiger partial charge < -0.3 is 19.6 Å². The largest absolute Gasteiger partial charge is 0.497 e. The third-order valence-electron chi connectivity index (χ3n) is 4.27. The number of rotatable bonds is 8. The van der Waals surface area contributed by atoms with Gasteiger partial charge in [-0.25, -0.2) is 4.79 Å². The summed E-state index contributed by atoms with van der Waals surface area (Å²) in [6.45, 7) is 1.09. The van der Waals surface area contributed by atoms with Gasteiger partial charge in [-0.3, -0.25) is 4.79 Å². The van der Waals surface area contributed by atoms with Crippen LogP contribution in [0.5, 0.6) is 5.75 Å². The zero-order chi connectivity index (χ0) is 21.3. The summed E-state index contributed by atoms with van der Waals surface area (Å²) in [4.78, 5) is 29.1. The number of carbonyl (C=O) groups is 2. The summed E-state index contributed by atoms with van der Waals surface area (Å²) in [5.41, 5.74) is 1.41. The molecule has 0 aliphatic heterocycles. The number of esters is 1. The quantitative estimate of drug-likeness (QED) is 0.350. The van der Waals surface area contributed by atoms with E-state index >= 15 is 0 Å². The molecule has 30 heavy (non-hydrogen) atoms. The molecule has 3 aromatic carbocycles. The molecule has 0 heterocycles. The Kier molecular flexibility index (Phi) is 7.00. The summed E-state index contributed by atoms with van der Waals surface area (Å²) in [5, 5.41) is 8.53. The van der Waals surface area contributed by atoms with Gasteiger partial charge in [0.1, 0.15) is 5.75 Å². The lowest BCUT2D eigenvalue weighted by Crippen LogP contribution is -2.31. The first-order chi connectivity index (χ1) is 14.5. The molecule has 154 valence electrons. The van der Waals surface area contributed by atoms with Crippen molar-refractivity contribution < 1.29 is 23.9 Å². The summed E-state index contributed by atoms with van der Waals surface area (Å²) < 4.78 is 10.2. The number of anilines is 1. The smallest absolute Gasteiger partial charge is 0.347 e. The van der Waals surface area contributed by atoms with E-state index in [1.54, 1.807) is 37.4 Å². The van der Waals surface area contributed by atoms with Crippen LogP contribution in [-0.4, -0.2) is 37.9 Å². The van der Waals surface area contributed by atoms with Crippen molar-refractivity contribution in [2.45, 2.75) is 13.0 Å². The van der Waals surface area contributed by atoms with Crippen molar-refractivity contribution >= 4 is 34.6 Å². The molecule has 0 fully saturated rings. The normalized spacial score (nSPS) is 11.8. The fourth-order valence-electron chi connectivity index (χ4n) is 2.67. The molecule has 3 aromatic rings. The fourth-order valence-corrected chi connectivity index (χ4v) is 2.67. The van der Waals surface area contributed by atoms with E-state index in [-0.39, 0.29) is 0 Å². The van der Waals surface area contributed by atoms with Crippen LogP contribution in [-0.2, 0) is 19.2 Å². The third kappa shape index (κ3) is 5.81. The van der Waals surface area contributed by atoms with Crippen LogP contribution in [0.4, 0.5) is 5.69 Å². The molecule has 1 atom stereocenters. The van der Waals surface area contributed by atoms with E-state index in [4.69, 9.17) is 14.3 Å². The molecule has 0 radical (unpaired) electrons. The van der Waals surface area contributed by atoms with Crippen LogP contribution in [0, 0.1) is 0 Å². The summed E-state index contributed by atoms with van der Waals surface area (Å²) in [6, 6.07) is 20.5. The molecule has 1 amide bonds. The van der Waals surface area contributed by atoms with Gasteiger partial charge in [-0.15, -0.1) is 0 Å². The van der Waals surface area contributed by atoms with Crippen LogP contribution in [0.3, 0.4) is 0 Å². The zero-order valence-electron chi connectivity index (χ0n) is 16.7. The Hall–Kier alpha value is -3.87. The predicted octanol–water partition coefficient (Wildman–Crippen LogP) is 3.77. The zero-order valence-corrected chi connectivity index (χ0v) is 16.7. The topological polar surface area (TPSA) is 86.2 Å². The van der Waals surface area contributed by atoms with Crippen molar-refractivity contribution in [1.29, 1.82) is 0 Å². The fraction of sp³-hybridized carbons (Fsp3) is 0.174. The van der Waals surface area contributed by atoms with Crippen LogP contribution in [0.25, 0.3) is 10.8 Å². The highest BCUT2D eigenvalue weighted by atomic mass is 16.7. The second-order valence-corrected chi connectivity index (χ2v) is 6.46. The molecule has 1 N–H and O–H groups in total. The van der Waals surface area contributed by atoms with Crippen LogP contribution in [0.15, 0.2) is 71.9 Å². The number of carbonyl (C=O) groups excluding carboxylic acids is 2. The van der Waals surface area contributed by atoms with Crippen LogP contribution in [0.1, 0.15) is 12.5 Å². The average Bonchev–Trinajstić information content (AvgIpc) is 2.77. The number of hydrogen-bond donors (Lipinski definition) is 1. The molecule has 0 saturated carbocycles. The summed E-state index contributed by atoms with van der Waals surface area (Å²) in [6.07, 6.45) is 0.487. The van der Waals surface area contributed by atoms with Gasteiger partial charge in [-0.1, -0.05) is 35.5 Å². The Labute approximate surface area is 174 Å². The van der Waals surface area contributed by atoms with Crippen molar-refractivity contribution in [2.75, 3.05) is 19.0 Å². The van der Waals surface area contributed by atoms with E-state index in [9.17, 15) is 9.59 Å². The highest BCUT2D eigenvalue weighted by Gasteiger charge is 2.18. The molecular formula is C23H22N2O5. The maximum Gasteiger partial charge on any atom is 0.347 e. The lowest BCUT2D eigenvalue weighted by Gasteiger charge is -2.13. The third-order valence-corrected chi connectivity index (χ3v) is 4.27. The molecule has 0 aliphatic carbocycles. The van der Waals surface area contributed by atoms with Crippen molar-refractivity contribution in [2.24, 2.45) is 5.16 Å². The Bertz CT molecular complexity index is 1050. The molecular weight excluding hydrogens is 384 g/mol. The lowest BCUT2D eigenvalue weighted by atomic mass is 10.1. The highest BCUT2D eigenvalue weighted by molar-refractivity contribution is 5.97. The summed E-state index contributed by atoms with van der Waals surface area (Å²) in [5.74, 6) is -0.393. The number of oxime groups is 1. The minimum absolute atomic E-state index is 0.403. The molecule has 7 nitrogen and oxygen atoms in total. The van der Waals surface area contributed by atoms with Gasteiger partial charge in [0.25, 0.3) is 5.91 Å². The molecule has 0 saturated heterocycles. The number of nitrogens with zero attached hydrogens (tertiary/aromatic N) is 1. The molecule has 7 heteroatoms. The van der Waals surface area contributed by atoms with E-state index < -0.39 is 24.6 Å². The monoisotopic (exact) mass is 406 g/mol. The molecule has 0 bridgehead atoms. The van der Waals surface area contributed by atoms with Gasteiger partial charge in [-0.05, 0) is 59.7 Å². The van der Waals surface area contributed by atoms with Gasteiger partial charge >= 0.3 is 5.97 Å². The number of nitrogens with one attached hydrogen (secondary N) is 1. The van der Waals surface area contributed by atoms with Crippen molar-refractivity contribution in [3.63, 3.8) is 0 Å². The molecule has 0 aromatic heterocycles. The van der Waals surface area contributed by atoms with E-state index in [1.165, 1.54) is 13.1 Å². The van der Waals surface area contributed by atoms with Gasteiger partial charge in [0, 0.05) is 5.69 Å². The molecule has 0 unspecified atom stereocenters. The maximum atomic E-state index is 12.3. The van der Waals surface area contributed by atoms with E-state index in [0.717, 1.165) is 22.1 Å². The Morgan fingerprint density at radius 1 is 1.03 bits per heavy atom. The highest BCUT2D eigenvalue weighted by Crippen LogP contribution is 2.19. The van der Waals surface area contributed by atoms with E-state index in [2.05, 4.69) is 10.5 Å². The van der Waals surface area contributed by atoms with Gasteiger partial charge in [0.15, 0.2) is 6.10 Å². The van der Waals surface area contributed by atoms with E-state index in [1.807, 2.05) is 36.4 Å². The second-order valence-electron chi connectivity index (χ2n) is 6.46. The minimum Gasteiger partial charge on any atom is -0.497 e. The standard InChI is InChI=1S/C23H22N2O5/c1-16(23(27)25-20-10-9-18-5-3-4-6-19(18)13-20)30-22(26)15-29-24-14-17-7-11-21(28-2)12-8-17/h3-14,16H,15H2,1-2H3,(H,25,27)/b24-14-/t16-/m0/s1. The Morgan fingerprint density at radius 3 is 2.50 bits per heavy atom. The van der Waals surface area contributed by atoms with E-state index in [0.29, 0.717) is 5.69 Å². The van der Waals surface area contributed by atoms with Gasteiger partial charge in [0.05, 0.1) is 13.3 Å². The Balaban J connectivity index is 1.44. The van der Waals surface area contributed by atoms with Gasteiger partial charge in [0.2, 0.25) is 6.61 Å². The second kappa shape index (κ2) is 10.1. The summed E-state index contributed by atoms with van der Waals surface area (Å²) >= 11 is 0. The van der Waals surface area contributed by atoms with Crippen molar-refractivity contribution in [3.05, 3.63) is 72.3 Å². The minimum atomic E-state index is -0.974. The van der Waals surface area contributed by atoms with Crippen molar-refractivity contribution in [3.8, 4) is 5.75 Å².